The highest BCUT2D eigenvalue weighted by molar-refractivity contribution is 7.14. The van der Waals surface area contributed by atoms with E-state index in [1.165, 1.54) is 22.7 Å². The van der Waals surface area contributed by atoms with E-state index in [-0.39, 0.29) is 11.8 Å². The van der Waals surface area contributed by atoms with E-state index in [0.29, 0.717) is 21.3 Å². The van der Waals surface area contributed by atoms with Gasteiger partial charge in [0.2, 0.25) is 0 Å². The third kappa shape index (κ3) is 4.16. The number of hydrogen-bond donors (Lipinski definition) is 2. The fourth-order valence-electron chi connectivity index (χ4n) is 2.58. The molecule has 2 amide bonds. The first-order chi connectivity index (χ1) is 13.7. The van der Waals surface area contributed by atoms with Crippen molar-refractivity contribution in [3.63, 3.8) is 0 Å². The first kappa shape index (κ1) is 18.1. The normalized spacial score (nSPS) is 10.4. The molecule has 0 aliphatic rings. The third-order valence-electron chi connectivity index (χ3n) is 3.92. The third-order valence-corrected chi connectivity index (χ3v) is 5.55. The second-order valence-corrected chi connectivity index (χ2v) is 7.68. The lowest BCUT2D eigenvalue weighted by Gasteiger charge is -2.06. The number of thiophene rings is 1. The van der Waals surface area contributed by atoms with Gasteiger partial charge in [0.15, 0.2) is 5.13 Å². The molecule has 2 N–H and O–H groups in total. The molecule has 138 valence electrons. The quantitative estimate of drug-likeness (QED) is 0.468. The van der Waals surface area contributed by atoms with Gasteiger partial charge in [-0.05, 0) is 29.6 Å². The van der Waals surface area contributed by atoms with E-state index >= 15 is 0 Å². The first-order valence-corrected chi connectivity index (χ1v) is 10.2. The standard InChI is InChI=1S/C21H15N3O2S2/c25-19(24-21-23-17(13-28-21)14-6-2-1-3-7-14)15-8-4-9-16(12-15)22-20(26)18-10-5-11-27-18/h1-13H,(H,22,26)(H,23,24,25). The minimum atomic E-state index is -0.277. The zero-order chi connectivity index (χ0) is 19.3. The summed E-state index contributed by atoms with van der Waals surface area (Å²) >= 11 is 2.73. The van der Waals surface area contributed by atoms with Crippen LogP contribution in [0.2, 0.25) is 0 Å². The molecular formula is C21H15N3O2S2. The van der Waals surface area contributed by atoms with Gasteiger partial charge in [-0.2, -0.15) is 0 Å². The van der Waals surface area contributed by atoms with E-state index in [1.54, 1.807) is 30.3 Å². The Hall–Kier alpha value is -3.29. The lowest BCUT2D eigenvalue weighted by molar-refractivity contribution is 0.101. The van der Waals surface area contributed by atoms with Gasteiger partial charge in [0.05, 0.1) is 10.6 Å². The van der Waals surface area contributed by atoms with Gasteiger partial charge in [-0.1, -0.05) is 42.5 Å². The molecule has 2 aromatic heterocycles. The number of nitrogens with zero attached hydrogens (tertiary/aromatic N) is 1. The van der Waals surface area contributed by atoms with Crippen LogP contribution in [0.1, 0.15) is 20.0 Å². The molecule has 0 radical (unpaired) electrons. The number of aromatic nitrogens is 1. The van der Waals surface area contributed by atoms with Crippen molar-refractivity contribution in [2.45, 2.75) is 0 Å². The second kappa shape index (κ2) is 8.16. The molecule has 0 atom stereocenters. The zero-order valence-corrected chi connectivity index (χ0v) is 16.2. The minimum Gasteiger partial charge on any atom is -0.321 e. The van der Waals surface area contributed by atoms with E-state index in [2.05, 4.69) is 15.6 Å². The predicted octanol–water partition coefficient (Wildman–Crippen LogP) is 5.38. The van der Waals surface area contributed by atoms with Crippen LogP contribution in [0.3, 0.4) is 0 Å². The number of amides is 2. The minimum absolute atomic E-state index is 0.194. The Morgan fingerprint density at radius 3 is 2.46 bits per heavy atom. The van der Waals surface area contributed by atoms with Crippen molar-refractivity contribution in [3.05, 3.63) is 87.9 Å². The van der Waals surface area contributed by atoms with Crippen molar-refractivity contribution in [2.24, 2.45) is 0 Å². The molecule has 0 aliphatic heterocycles. The van der Waals surface area contributed by atoms with Crippen LogP contribution in [0.15, 0.2) is 77.5 Å². The molecule has 2 heterocycles. The van der Waals surface area contributed by atoms with E-state index in [1.807, 2.05) is 47.2 Å². The molecular weight excluding hydrogens is 390 g/mol. The van der Waals surface area contributed by atoms with Gasteiger partial charge in [-0.15, -0.1) is 22.7 Å². The Labute approximate surface area is 169 Å². The van der Waals surface area contributed by atoms with Gasteiger partial charge in [0.25, 0.3) is 11.8 Å². The van der Waals surface area contributed by atoms with Crippen LogP contribution in [0, 0.1) is 0 Å². The molecule has 0 aliphatic carbocycles. The predicted molar refractivity (Wildman–Crippen MR) is 114 cm³/mol. The molecule has 7 heteroatoms. The maximum Gasteiger partial charge on any atom is 0.265 e. The molecule has 4 aromatic rings. The molecule has 2 aromatic carbocycles. The lowest BCUT2D eigenvalue weighted by atomic mass is 10.2. The summed E-state index contributed by atoms with van der Waals surface area (Å²) in [5.74, 6) is -0.471. The number of hydrogen-bond acceptors (Lipinski definition) is 5. The molecule has 0 bridgehead atoms. The summed E-state index contributed by atoms with van der Waals surface area (Å²) in [6.45, 7) is 0. The highest BCUT2D eigenvalue weighted by Crippen LogP contribution is 2.25. The molecule has 4 rings (SSSR count). The fourth-order valence-corrected chi connectivity index (χ4v) is 3.91. The molecule has 0 spiro atoms. The molecule has 0 saturated carbocycles. The van der Waals surface area contributed by atoms with Crippen molar-refractivity contribution in [1.82, 2.24) is 4.98 Å². The largest absolute Gasteiger partial charge is 0.321 e. The number of nitrogens with one attached hydrogen (secondary N) is 2. The average Bonchev–Trinajstić information content (AvgIpc) is 3.41. The maximum atomic E-state index is 12.6. The summed E-state index contributed by atoms with van der Waals surface area (Å²) in [7, 11) is 0. The fraction of sp³-hybridized carbons (Fsp3) is 0. The van der Waals surface area contributed by atoms with Gasteiger partial charge in [0.1, 0.15) is 0 Å². The van der Waals surface area contributed by atoms with Crippen LogP contribution in [-0.4, -0.2) is 16.8 Å². The number of thiazole rings is 1. The van der Waals surface area contributed by atoms with E-state index < -0.39 is 0 Å². The maximum absolute atomic E-state index is 12.6. The summed E-state index contributed by atoms with van der Waals surface area (Å²) in [5, 5.41) is 9.90. The van der Waals surface area contributed by atoms with Gasteiger partial charge < -0.3 is 5.32 Å². The van der Waals surface area contributed by atoms with E-state index in [9.17, 15) is 9.59 Å². The van der Waals surface area contributed by atoms with Crippen molar-refractivity contribution < 1.29 is 9.59 Å². The Balaban J connectivity index is 1.45. The van der Waals surface area contributed by atoms with Crippen LogP contribution < -0.4 is 10.6 Å². The lowest BCUT2D eigenvalue weighted by Crippen LogP contribution is -2.14. The van der Waals surface area contributed by atoms with Crippen LogP contribution >= 0.6 is 22.7 Å². The molecule has 28 heavy (non-hydrogen) atoms. The number of benzene rings is 2. The Bertz CT molecular complexity index is 1110. The zero-order valence-electron chi connectivity index (χ0n) is 14.6. The highest BCUT2D eigenvalue weighted by atomic mass is 32.1. The summed E-state index contributed by atoms with van der Waals surface area (Å²) in [4.78, 5) is 29.8. The Kier molecular flexibility index (Phi) is 5.27. The summed E-state index contributed by atoms with van der Waals surface area (Å²) in [6.07, 6.45) is 0. The van der Waals surface area contributed by atoms with E-state index in [4.69, 9.17) is 0 Å². The number of rotatable bonds is 5. The van der Waals surface area contributed by atoms with Crippen LogP contribution in [0.4, 0.5) is 10.8 Å². The SMILES string of the molecule is O=C(Nc1nc(-c2ccccc2)cs1)c1cccc(NC(=O)c2cccs2)c1. The van der Waals surface area contributed by atoms with Gasteiger partial charge >= 0.3 is 0 Å². The van der Waals surface area contributed by atoms with Crippen LogP contribution in [-0.2, 0) is 0 Å². The monoisotopic (exact) mass is 405 g/mol. The van der Waals surface area contributed by atoms with Gasteiger partial charge in [0, 0.05) is 22.2 Å². The van der Waals surface area contributed by atoms with E-state index in [0.717, 1.165) is 11.3 Å². The Morgan fingerprint density at radius 1 is 0.821 bits per heavy atom. The van der Waals surface area contributed by atoms with Crippen molar-refractivity contribution in [3.8, 4) is 11.3 Å². The summed E-state index contributed by atoms with van der Waals surface area (Å²) in [6, 6.07) is 20.2. The molecule has 0 fully saturated rings. The van der Waals surface area contributed by atoms with Crippen molar-refractivity contribution in [2.75, 3.05) is 10.6 Å². The number of carbonyl (C=O) groups is 2. The van der Waals surface area contributed by atoms with Gasteiger partial charge in [-0.3, -0.25) is 14.9 Å². The smallest absolute Gasteiger partial charge is 0.265 e. The van der Waals surface area contributed by atoms with Crippen molar-refractivity contribution >= 4 is 45.3 Å². The molecule has 5 nitrogen and oxygen atoms in total. The average molecular weight is 406 g/mol. The van der Waals surface area contributed by atoms with Crippen LogP contribution in [0.25, 0.3) is 11.3 Å². The van der Waals surface area contributed by atoms with Crippen LogP contribution in [0.5, 0.6) is 0 Å². The topological polar surface area (TPSA) is 71.1 Å². The Morgan fingerprint density at radius 2 is 1.68 bits per heavy atom. The first-order valence-electron chi connectivity index (χ1n) is 8.46. The highest BCUT2D eigenvalue weighted by Gasteiger charge is 2.12. The number of carbonyl (C=O) groups excluding carboxylic acids is 2. The number of anilines is 2. The van der Waals surface area contributed by atoms with Gasteiger partial charge in [-0.25, -0.2) is 4.98 Å². The second-order valence-electron chi connectivity index (χ2n) is 5.87. The van der Waals surface area contributed by atoms with Crippen molar-refractivity contribution in [1.29, 1.82) is 0 Å². The molecule has 0 unspecified atom stereocenters. The molecule has 0 saturated heterocycles. The summed E-state index contributed by atoms with van der Waals surface area (Å²) in [5.41, 5.74) is 2.83. The summed E-state index contributed by atoms with van der Waals surface area (Å²) < 4.78 is 0.